The molecule has 2 aromatic rings. The first kappa shape index (κ1) is 19.0. The van der Waals surface area contributed by atoms with Gasteiger partial charge in [0, 0.05) is 0 Å². The zero-order valence-corrected chi connectivity index (χ0v) is 18.0. The van der Waals surface area contributed by atoms with E-state index in [4.69, 9.17) is 15.6 Å². The Labute approximate surface area is 174 Å². The molecule has 0 saturated heterocycles. The van der Waals surface area contributed by atoms with Crippen LogP contribution in [0.15, 0.2) is 36.4 Å². The standard InChI is InChI=1S/C15H12I3NO4/c16-10-5-7(12(18)13(19)15(21)22)6-11(17)14(10)23-9-3-1-8(20)2-4-9/h1-6,12-13,20H,19H2,(H,21,22)/t12-,13-/m0/s1. The van der Waals surface area contributed by atoms with Crippen molar-refractivity contribution in [2.24, 2.45) is 5.73 Å². The molecule has 0 fully saturated rings. The summed E-state index contributed by atoms with van der Waals surface area (Å²) in [5.74, 6) is 0.444. The van der Waals surface area contributed by atoms with E-state index >= 15 is 0 Å². The van der Waals surface area contributed by atoms with Crippen molar-refractivity contribution in [3.8, 4) is 17.2 Å². The molecule has 2 rings (SSSR count). The van der Waals surface area contributed by atoms with E-state index < -0.39 is 12.0 Å². The van der Waals surface area contributed by atoms with Crippen LogP contribution in [-0.2, 0) is 4.79 Å². The van der Waals surface area contributed by atoms with Gasteiger partial charge >= 0.3 is 5.97 Å². The van der Waals surface area contributed by atoms with E-state index in [1.54, 1.807) is 24.3 Å². The van der Waals surface area contributed by atoms with Crippen molar-refractivity contribution in [1.82, 2.24) is 0 Å². The minimum absolute atomic E-state index is 0.174. The third-order valence-electron chi connectivity index (χ3n) is 3.00. The molecule has 2 atom stereocenters. The number of ether oxygens (including phenoxy) is 1. The molecule has 23 heavy (non-hydrogen) atoms. The summed E-state index contributed by atoms with van der Waals surface area (Å²) >= 11 is 6.34. The minimum Gasteiger partial charge on any atom is -0.508 e. The highest BCUT2D eigenvalue weighted by atomic mass is 127. The number of benzene rings is 2. The lowest BCUT2D eigenvalue weighted by Gasteiger charge is -2.17. The topological polar surface area (TPSA) is 92.8 Å². The maximum absolute atomic E-state index is 11.0. The fourth-order valence-electron chi connectivity index (χ4n) is 1.80. The Morgan fingerprint density at radius 3 is 2.13 bits per heavy atom. The van der Waals surface area contributed by atoms with Crippen molar-refractivity contribution in [2.75, 3.05) is 0 Å². The molecule has 0 amide bonds. The van der Waals surface area contributed by atoms with Gasteiger partial charge in [-0.3, -0.25) is 4.79 Å². The lowest BCUT2D eigenvalue weighted by molar-refractivity contribution is -0.138. The number of carboxylic acids is 1. The number of carbonyl (C=O) groups is 1. The molecule has 0 heterocycles. The number of nitrogens with two attached hydrogens (primary N) is 1. The van der Waals surface area contributed by atoms with E-state index in [1.807, 2.05) is 34.7 Å². The fraction of sp³-hybridized carbons (Fsp3) is 0.133. The van der Waals surface area contributed by atoms with E-state index in [-0.39, 0.29) is 9.67 Å². The summed E-state index contributed by atoms with van der Waals surface area (Å²) in [7, 11) is 0. The van der Waals surface area contributed by atoms with Crippen LogP contribution in [0.3, 0.4) is 0 Å². The maximum atomic E-state index is 11.0. The lowest BCUT2D eigenvalue weighted by Crippen LogP contribution is -2.34. The molecule has 0 bridgehead atoms. The second-order valence-corrected chi connectivity index (χ2v) is 8.34. The number of aliphatic carboxylic acids is 1. The van der Waals surface area contributed by atoms with Gasteiger partial charge in [0.25, 0.3) is 0 Å². The van der Waals surface area contributed by atoms with Gasteiger partial charge in [-0.1, -0.05) is 22.6 Å². The van der Waals surface area contributed by atoms with Crippen LogP contribution >= 0.6 is 67.8 Å². The first-order valence-corrected chi connectivity index (χ1v) is 9.78. The minimum atomic E-state index is -1.03. The highest BCUT2D eigenvalue weighted by Gasteiger charge is 2.24. The van der Waals surface area contributed by atoms with Gasteiger partial charge in [-0.2, -0.15) is 0 Å². The van der Waals surface area contributed by atoms with Crippen LogP contribution in [0.4, 0.5) is 0 Å². The molecule has 0 aliphatic carbocycles. The van der Waals surface area contributed by atoms with Gasteiger partial charge in [0.05, 0.1) is 11.1 Å². The lowest BCUT2D eigenvalue weighted by atomic mass is 10.1. The molecule has 0 saturated carbocycles. The number of aromatic hydroxyl groups is 1. The number of halogens is 3. The first-order chi connectivity index (χ1) is 10.8. The zero-order valence-electron chi connectivity index (χ0n) is 11.5. The van der Waals surface area contributed by atoms with Crippen LogP contribution in [-0.4, -0.2) is 22.2 Å². The van der Waals surface area contributed by atoms with E-state index in [0.717, 1.165) is 12.7 Å². The highest BCUT2D eigenvalue weighted by molar-refractivity contribution is 14.1. The van der Waals surface area contributed by atoms with Gasteiger partial charge in [-0.05, 0) is 87.1 Å². The molecular weight excluding hydrogens is 639 g/mol. The quantitative estimate of drug-likeness (QED) is 0.332. The summed E-state index contributed by atoms with van der Waals surface area (Å²) in [6, 6.07) is 9.24. The van der Waals surface area contributed by atoms with Crippen LogP contribution in [0.2, 0.25) is 0 Å². The number of phenolic OH excluding ortho intramolecular Hbond substituents is 1. The number of hydrogen-bond donors (Lipinski definition) is 3. The summed E-state index contributed by atoms with van der Waals surface area (Å²) in [6.45, 7) is 0. The van der Waals surface area contributed by atoms with Crippen LogP contribution in [0.25, 0.3) is 0 Å². The Bertz CT molecular complexity index is 698. The van der Waals surface area contributed by atoms with Crippen molar-refractivity contribution >= 4 is 73.7 Å². The average molecular weight is 651 g/mol. The molecule has 8 heteroatoms. The van der Waals surface area contributed by atoms with Gasteiger partial charge in [-0.15, -0.1) is 0 Å². The number of alkyl halides is 1. The van der Waals surface area contributed by atoms with Gasteiger partial charge < -0.3 is 20.7 Å². The third-order valence-corrected chi connectivity index (χ3v) is 6.09. The molecule has 4 N–H and O–H groups in total. The monoisotopic (exact) mass is 651 g/mol. The summed E-state index contributed by atoms with van der Waals surface area (Å²) in [6.07, 6.45) is 0. The zero-order chi connectivity index (χ0) is 17.1. The van der Waals surface area contributed by atoms with Crippen LogP contribution in [0, 0.1) is 7.14 Å². The van der Waals surface area contributed by atoms with Crippen molar-refractivity contribution in [3.05, 3.63) is 49.1 Å². The Morgan fingerprint density at radius 2 is 1.65 bits per heavy atom. The highest BCUT2D eigenvalue weighted by Crippen LogP contribution is 2.37. The number of rotatable bonds is 5. The molecule has 0 aliphatic rings. The summed E-state index contributed by atoms with van der Waals surface area (Å²) in [5.41, 5.74) is 6.54. The Hall–Kier alpha value is -0.340. The van der Waals surface area contributed by atoms with Gasteiger partial charge in [-0.25, -0.2) is 0 Å². The molecule has 5 nitrogen and oxygen atoms in total. The number of phenols is 1. The van der Waals surface area contributed by atoms with E-state index in [1.165, 1.54) is 0 Å². The van der Waals surface area contributed by atoms with Crippen molar-refractivity contribution < 1.29 is 19.7 Å². The van der Waals surface area contributed by atoms with Crippen LogP contribution in [0.1, 0.15) is 9.49 Å². The van der Waals surface area contributed by atoms with Crippen LogP contribution < -0.4 is 10.5 Å². The Kier molecular flexibility index (Phi) is 6.74. The SMILES string of the molecule is N[C@H](C(=O)O)[C@@H](I)c1cc(I)c(Oc2ccc(O)cc2)c(I)c1. The third kappa shape index (κ3) is 4.82. The largest absolute Gasteiger partial charge is 0.508 e. The summed E-state index contributed by atoms with van der Waals surface area (Å²) < 4.78 is 7.24. The second kappa shape index (κ2) is 8.16. The molecular formula is C15H12I3NO4. The molecule has 0 aliphatic heterocycles. The number of hydrogen-bond acceptors (Lipinski definition) is 4. The predicted octanol–water partition coefficient (Wildman–Crippen LogP) is 4.28. The van der Waals surface area contributed by atoms with Crippen molar-refractivity contribution in [1.29, 1.82) is 0 Å². The van der Waals surface area contributed by atoms with Gasteiger partial charge in [0.2, 0.25) is 0 Å². The Morgan fingerprint density at radius 1 is 1.13 bits per heavy atom. The summed E-state index contributed by atoms with van der Waals surface area (Å²) in [4.78, 5) is 11.0. The molecule has 0 aromatic heterocycles. The van der Waals surface area contributed by atoms with E-state index in [2.05, 4.69) is 45.2 Å². The first-order valence-electron chi connectivity index (χ1n) is 6.38. The van der Waals surface area contributed by atoms with Crippen molar-refractivity contribution in [2.45, 2.75) is 9.97 Å². The molecule has 0 radical (unpaired) electrons. The van der Waals surface area contributed by atoms with Crippen LogP contribution in [0.5, 0.6) is 17.2 Å². The average Bonchev–Trinajstić information content (AvgIpc) is 2.50. The molecule has 2 aromatic carbocycles. The van der Waals surface area contributed by atoms with E-state index in [0.29, 0.717) is 11.5 Å². The smallest absolute Gasteiger partial charge is 0.321 e. The second-order valence-electron chi connectivity index (χ2n) is 4.68. The number of carboxylic acid groups (broad SMARTS) is 1. The summed E-state index contributed by atoms with van der Waals surface area (Å²) in [5, 5.41) is 18.4. The molecule has 0 spiro atoms. The fourth-order valence-corrected chi connectivity index (χ4v) is 4.50. The molecule has 0 unspecified atom stereocenters. The maximum Gasteiger partial charge on any atom is 0.321 e. The Balaban J connectivity index is 2.30. The predicted molar refractivity (Wildman–Crippen MR) is 112 cm³/mol. The van der Waals surface area contributed by atoms with Crippen molar-refractivity contribution in [3.63, 3.8) is 0 Å². The molecule has 122 valence electrons. The normalized spacial score (nSPS) is 13.4. The van der Waals surface area contributed by atoms with Gasteiger partial charge in [0.1, 0.15) is 17.5 Å². The van der Waals surface area contributed by atoms with E-state index in [9.17, 15) is 9.90 Å². The van der Waals surface area contributed by atoms with Gasteiger partial charge in [0.15, 0.2) is 5.75 Å².